The Hall–Kier alpha value is -4.66. The highest BCUT2D eigenvalue weighted by molar-refractivity contribution is 5.89. The maximum absolute atomic E-state index is 10.6. The molecule has 0 saturated heterocycles. The Balaban J connectivity index is 0.000000507. The van der Waals surface area contributed by atoms with E-state index in [0.717, 1.165) is 18.8 Å². The highest BCUT2D eigenvalue weighted by Gasteiger charge is 2.20. The molecule has 3 aromatic carbocycles. The Morgan fingerprint density at radius 1 is 0.805 bits per heavy atom. The second-order valence-corrected chi connectivity index (χ2v) is 9.25. The Morgan fingerprint density at radius 3 is 1.80 bits per heavy atom. The number of carboxylic acids is 2. The second kappa shape index (κ2) is 16.4. The maximum Gasteiger partial charge on any atom is 0.328 e. The third-order valence-corrected chi connectivity index (χ3v) is 6.23. The van der Waals surface area contributed by atoms with Gasteiger partial charge in [0.05, 0.1) is 6.04 Å². The van der Waals surface area contributed by atoms with E-state index in [4.69, 9.17) is 14.9 Å². The normalized spacial score (nSPS) is 11.7. The number of likely N-dealkylation sites (N-methyl/N-ethyl adjacent to an activating group) is 1. The monoisotopic (exact) mass is 556 g/mol. The maximum atomic E-state index is 10.6. The molecule has 0 fully saturated rings. The Morgan fingerprint density at radius 2 is 1.32 bits per heavy atom. The van der Waals surface area contributed by atoms with Crippen molar-refractivity contribution in [2.75, 3.05) is 19.7 Å². The molecule has 0 amide bonds. The molecule has 0 aliphatic rings. The van der Waals surface area contributed by atoms with Crippen LogP contribution in [0, 0.1) is 0 Å². The first-order valence-electron chi connectivity index (χ1n) is 13.3. The molecule has 3 N–H and O–H groups in total. The zero-order valence-corrected chi connectivity index (χ0v) is 23.0. The minimum Gasteiger partial charge on any atom is -0.491 e. The van der Waals surface area contributed by atoms with E-state index >= 15 is 0 Å². The predicted molar refractivity (Wildman–Crippen MR) is 158 cm³/mol. The van der Waals surface area contributed by atoms with Gasteiger partial charge in [0.1, 0.15) is 18.5 Å². The number of nitrogens with zero attached hydrogens (tertiary/aromatic N) is 2. The van der Waals surface area contributed by atoms with Gasteiger partial charge in [-0.3, -0.25) is 4.90 Å². The number of benzene rings is 3. The van der Waals surface area contributed by atoms with Gasteiger partial charge >= 0.3 is 11.9 Å². The number of rotatable bonds is 13. The fourth-order valence-electron chi connectivity index (χ4n) is 4.34. The van der Waals surface area contributed by atoms with Crippen LogP contribution in [0.2, 0.25) is 0 Å². The van der Waals surface area contributed by atoms with E-state index < -0.39 is 18.0 Å². The number of para-hydroxylation sites is 1. The van der Waals surface area contributed by atoms with Gasteiger partial charge in [-0.05, 0) is 41.9 Å². The summed E-state index contributed by atoms with van der Waals surface area (Å²) in [4.78, 5) is 21.4. The summed E-state index contributed by atoms with van der Waals surface area (Å²) in [6.45, 7) is 4.55. The van der Waals surface area contributed by atoms with Gasteiger partial charge in [0.2, 0.25) is 0 Å². The lowest BCUT2D eigenvalue weighted by Gasteiger charge is -2.27. The van der Waals surface area contributed by atoms with E-state index in [9.17, 15) is 14.7 Å². The zero-order valence-electron chi connectivity index (χ0n) is 23.0. The molecular formula is C33H36N2O6. The lowest BCUT2D eigenvalue weighted by atomic mass is 9.98. The number of hydrogen-bond acceptors (Lipinski definition) is 5. The Labute approximate surface area is 240 Å². The van der Waals surface area contributed by atoms with Crippen LogP contribution >= 0.6 is 0 Å². The summed E-state index contributed by atoms with van der Waals surface area (Å²) >= 11 is 0. The highest BCUT2D eigenvalue weighted by atomic mass is 16.5. The standard InChI is InChI=1S/C29H32N2O2.C4H4O4/c1-2-30(22-27(32)23-33-28-18-10-5-11-19-28)21-26-17-12-20-31(26)29(24-13-6-3-7-14-24)25-15-8-4-9-16-25;5-3(6)1-2-4(7)8/h3-20,27,29,32H,2,21-23H2,1H3;1-2H,(H,5,6)(H,7,8)/b;2-1+. The third kappa shape index (κ3) is 10.4. The van der Waals surface area contributed by atoms with E-state index in [-0.39, 0.29) is 12.6 Å². The van der Waals surface area contributed by atoms with Crippen LogP contribution in [0.3, 0.4) is 0 Å². The average Bonchev–Trinajstić information content (AvgIpc) is 3.44. The molecule has 4 aromatic rings. The van der Waals surface area contributed by atoms with Crippen molar-refractivity contribution in [3.63, 3.8) is 0 Å². The summed E-state index contributed by atoms with van der Waals surface area (Å²) < 4.78 is 8.09. The summed E-state index contributed by atoms with van der Waals surface area (Å²) in [5.74, 6) is -1.73. The molecule has 1 atom stereocenters. The fourth-order valence-corrected chi connectivity index (χ4v) is 4.34. The second-order valence-electron chi connectivity index (χ2n) is 9.25. The molecule has 0 aliphatic heterocycles. The SMILES string of the molecule is CCN(Cc1cccn1C(c1ccccc1)c1ccccc1)CC(O)COc1ccccc1.O=C(O)/C=C/C(=O)O. The first-order valence-corrected chi connectivity index (χ1v) is 13.3. The number of aromatic nitrogens is 1. The largest absolute Gasteiger partial charge is 0.491 e. The molecule has 0 spiro atoms. The van der Waals surface area contributed by atoms with Gasteiger partial charge in [-0.25, -0.2) is 9.59 Å². The number of hydrogen-bond donors (Lipinski definition) is 3. The van der Waals surface area contributed by atoms with Gasteiger partial charge in [0.15, 0.2) is 0 Å². The van der Waals surface area contributed by atoms with Gasteiger partial charge in [-0.1, -0.05) is 85.8 Å². The van der Waals surface area contributed by atoms with Crippen LogP contribution in [0.25, 0.3) is 0 Å². The van der Waals surface area contributed by atoms with Crippen molar-refractivity contribution in [2.24, 2.45) is 0 Å². The number of aliphatic hydroxyl groups excluding tert-OH is 1. The van der Waals surface area contributed by atoms with E-state index in [0.29, 0.717) is 18.7 Å². The molecule has 0 saturated carbocycles. The molecule has 0 bridgehead atoms. The fraction of sp³-hybridized carbons (Fsp3) is 0.212. The summed E-state index contributed by atoms with van der Waals surface area (Å²) in [5.41, 5.74) is 3.71. The van der Waals surface area contributed by atoms with Gasteiger partial charge < -0.3 is 24.6 Å². The van der Waals surface area contributed by atoms with E-state index in [1.54, 1.807) is 0 Å². The molecule has 1 unspecified atom stereocenters. The molecule has 214 valence electrons. The summed E-state index contributed by atoms with van der Waals surface area (Å²) in [5, 5.41) is 26.2. The Kier molecular flexibility index (Phi) is 12.4. The van der Waals surface area contributed by atoms with Crippen LogP contribution < -0.4 is 4.74 Å². The molecule has 0 radical (unpaired) electrons. The van der Waals surface area contributed by atoms with Crippen molar-refractivity contribution in [1.82, 2.24) is 9.47 Å². The lowest BCUT2D eigenvalue weighted by molar-refractivity contribution is -0.134. The molecule has 8 nitrogen and oxygen atoms in total. The predicted octanol–water partition coefficient (Wildman–Crippen LogP) is 5.10. The first kappa shape index (κ1) is 30.9. The van der Waals surface area contributed by atoms with Crippen molar-refractivity contribution in [1.29, 1.82) is 0 Å². The number of aliphatic carboxylic acids is 2. The number of ether oxygens (including phenoxy) is 1. The quantitative estimate of drug-likeness (QED) is 0.197. The van der Waals surface area contributed by atoms with Crippen LogP contribution in [0.4, 0.5) is 0 Å². The number of aliphatic hydroxyl groups is 1. The van der Waals surface area contributed by atoms with E-state index in [2.05, 4.69) is 95.4 Å². The molecular weight excluding hydrogens is 520 g/mol. The average molecular weight is 557 g/mol. The lowest BCUT2D eigenvalue weighted by Crippen LogP contribution is -2.36. The molecule has 1 aromatic heterocycles. The van der Waals surface area contributed by atoms with Gasteiger partial charge in [-0.15, -0.1) is 0 Å². The van der Waals surface area contributed by atoms with Gasteiger partial charge in [-0.2, -0.15) is 0 Å². The van der Waals surface area contributed by atoms with E-state index in [1.807, 2.05) is 30.3 Å². The van der Waals surface area contributed by atoms with Crippen LogP contribution in [-0.2, 0) is 16.1 Å². The summed E-state index contributed by atoms with van der Waals surface area (Å²) in [6, 6.07) is 35.2. The van der Waals surface area contributed by atoms with E-state index in [1.165, 1.54) is 16.8 Å². The Bertz CT molecular complexity index is 1300. The topological polar surface area (TPSA) is 112 Å². The summed E-state index contributed by atoms with van der Waals surface area (Å²) in [6.07, 6.45) is 2.71. The summed E-state index contributed by atoms with van der Waals surface area (Å²) in [7, 11) is 0. The van der Waals surface area contributed by atoms with Crippen molar-refractivity contribution in [3.05, 3.63) is 138 Å². The molecule has 8 heteroatoms. The van der Waals surface area contributed by atoms with Crippen LogP contribution in [0.1, 0.15) is 29.8 Å². The van der Waals surface area contributed by atoms with Gasteiger partial charge in [0, 0.05) is 37.1 Å². The minimum absolute atomic E-state index is 0.0995. The molecule has 0 aliphatic carbocycles. The first-order chi connectivity index (χ1) is 19.9. The zero-order chi connectivity index (χ0) is 29.5. The van der Waals surface area contributed by atoms with Crippen molar-refractivity contribution < 1.29 is 29.6 Å². The van der Waals surface area contributed by atoms with Crippen molar-refractivity contribution >= 4 is 11.9 Å². The number of carbonyl (C=O) groups is 2. The van der Waals surface area contributed by atoms with Crippen molar-refractivity contribution in [3.8, 4) is 5.75 Å². The van der Waals surface area contributed by atoms with Gasteiger partial charge in [0.25, 0.3) is 0 Å². The third-order valence-electron chi connectivity index (χ3n) is 6.23. The van der Waals surface area contributed by atoms with Crippen LogP contribution in [0.5, 0.6) is 5.75 Å². The molecule has 4 rings (SSSR count). The molecule has 41 heavy (non-hydrogen) atoms. The highest BCUT2D eigenvalue weighted by Crippen LogP contribution is 2.28. The minimum atomic E-state index is -1.26. The smallest absolute Gasteiger partial charge is 0.328 e. The van der Waals surface area contributed by atoms with Crippen LogP contribution in [0.15, 0.2) is 121 Å². The number of carboxylic acid groups (broad SMARTS) is 2. The molecule has 1 heterocycles. The van der Waals surface area contributed by atoms with Crippen molar-refractivity contribution in [2.45, 2.75) is 25.6 Å². The van der Waals surface area contributed by atoms with Crippen LogP contribution in [-0.4, -0.2) is 62.5 Å².